The van der Waals surface area contributed by atoms with Gasteiger partial charge in [0, 0.05) is 12.1 Å². The Bertz CT molecular complexity index is 935. The van der Waals surface area contributed by atoms with Crippen LogP contribution in [0, 0.1) is 10.1 Å². The molecule has 1 heterocycles. The molecular formula is C14H9ClN4O3S. The van der Waals surface area contributed by atoms with E-state index in [2.05, 4.69) is 14.7 Å². The highest BCUT2D eigenvalue weighted by Gasteiger charge is 2.13. The van der Waals surface area contributed by atoms with Crippen molar-refractivity contribution in [2.24, 2.45) is 0 Å². The Hall–Kier alpha value is -2.58. The minimum atomic E-state index is -1.76. The van der Waals surface area contributed by atoms with Crippen molar-refractivity contribution in [2.45, 2.75) is 4.90 Å². The van der Waals surface area contributed by atoms with Gasteiger partial charge in [0.05, 0.1) is 20.9 Å². The van der Waals surface area contributed by atoms with Crippen LogP contribution in [0.5, 0.6) is 0 Å². The fraction of sp³-hybridized carbons (Fsp3) is 0. The molecule has 0 aliphatic heterocycles. The van der Waals surface area contributed by atoms with Crippen molar-refractivity contribution < 1.29 is 9.13 Å². The molecule has 0 spiro atoms. The second-order valence-electron chi connectivity index (χ2n) is 4.48. The third-order valence-electron chi connectivity index (χ3n) is 2.96. The van der Waals surface area contributed by atoms with Crippen molar-refractivity contribution in [1.29, 1.82) is 0 Å². The van der Waals surface area contributed by atoms with Crippen LogP contribution >= 0.6 is 11.6 Å². The highest BCUT2D eigenvalue weighted by molar-refractivity contribution is 7.86. The van der Waals surface area contributed by atoms with E-state index >= 15 is 0 Å². The summed E-state index contributed by atoms with van der Waals surface area (Å²) >= 11 is 6.04. The second kappa shape index (κ2) is 6.27. The summed E-state index contributed by atoms with van der Waals surface area (Å²) in [7, 11) is -1.76. The normalized spacial score (nSPS) is 12.0. The standard InChI is InChI=1S/C14H9ClN4O3S/c15-13-14(17-12-7-2-1-6-11(12)16-13)18-23(22)10-5-3-4-9(8-10)19(20)21/h1-8H,(H,17,18). The van der Waals surface area contributed by atoms with Gasteiger partial charge in [0.2, 0.25) is 0 Å². The first-order valence-corrected chi connectivity index (χ1v) is 7.92. The smallest absolute Gasteiger partial charge is 0.270 e. The van der Waals surface area contributed by atoms with Crippen LogP contribution in [0.2, 0.25) is 5.15 Å². The molecule has 0 saturated carbocycles. The van der Waals surface area contributed by atoms with Gasteiger partial charge >= 0.3 is 0 Å². The Balaban J connectivity index is 1.92. The number of rotatable bonds is 4. The Kier molecular flexibility index (Phi) is 4.18. The molecule has 1 aromatic heterocycles. The van der Waals surface area contributed by atoms with Gasteiger partial charge in [-0.1, -0.05) is 29.8 Å². The van der Waals surface area contributed by atoms with Gasteiger partial charge in [0.25, 0.3) is 5.69 Å². The van der Waals surface area contributed by atoms with Crippen molar-refractivity contribution in [3.05, 3.63) is 63.8 Å². The lowest BCUT2D eigenvalue weighted by atomic mass is 10.3. The number of nitro benzene ring substituents is 1. The minimum absolute atomic E-state index is 0.0717. The van der Waals surface area contributed by atoms with Crippen molar-refractivity contribution in [3.8, 4) is 0 Å². The molecule has 1 atom stereocenters. The average Bonchev–Trinajstić information content (AvgIpc) is 2.55. The molecule has 2 aromatic carbocycles. The minimum Gasteiger partial charge on any atom is -0.283 e. The Morgan fingerprint density at radius 2 is 1.78 bits per heavy atom. The maximum Gasteiger partial charge on any atom is 0.270 e. The van der Waals surface area contributed by atoms with Gasteiger partial charge in [-0.2, -0.15) is 0 Å². The molecule has 116 valence electrons. The first kappa shape index (κ1) is 15.3. The lowest BCUT2D eigenvalue weighted by molar-refractivity contribution is -0.385. The first-order chi connectivity index (χ1) is 11.0. The maximum absolute atomic E-state index is 12.3. The van der Waals surface area contributed by atoms with Gasteiger partial charge in [-0.15, -0.1) is 0 Å². The summed E-state index contributed by atoms with van der Waals surface area (Å²) in [4.78, 5) is 18.9. The Labute approximate surface area is 138 Å². The van der Waals surface area contributed by atoms with E-state index in [4.69, 9.17) is 11.6 Å². The number of non-ortho nitro benzene ring substituents is 1. The lowest BCUT2D eigenvalue weighted by Gasteiger charge is -2.07. The number of nitrogens with one attached hydrogen (secondary N) is 1. The molecule has 1 N–H and O–H groups in total. The second-order valence-corrected chi connectivity index (χ2v) is 6.05. The topological polar surface area (TPSA) is 98.0 Å². The summed E-state index contributed by atoms with van der Waals surface area (Å²) < 4.78 is 15.0. The fourth-order valence-electron chi connectivity index (χ4n) is 1.90. The van der Waals surface area contributed by atoms with Gasteiger partial charge in [0.15, 0.2) is 22.0 Å². The zero-order chi connectivity index (χ0) is 16.4. The summed E-state index contributed by atoms with van der Waals surface area (Å²) in [6.45, 7) is 0. The number of hydrogen-bond acceptors (Lipinski definition) is 5. The fourth-order valence-corrected chi connectivity index (χ4v) is 3.00. The molecule has 0 radical (unpaired) electrons. The number of benzene rings is 2. The largest absolute Gasteiger partial charge is 0.283 e. The molecule has 23 heavy (non-hydrogen) atoms. The summed E-state index contributed by atoms with van der Waals surface area (Å²) in [5, 5.41) is 10.8. The number of halogens is 1. The SMILES string of the molecule is O=[N+]([O-])c1cccc(S(=O)Nc2nc3ccccc3nc2Cl)c1. The molecule has 0 amide bonds. The molecule has 3 rings (SSSR count). The molecule has 0 fully saturated rings. The van der Waals surface area contributed by atoms with Crippen LogP contribution in [0.15, 0.2) is 53.4 Å². The van der Waals surface area contributed by atoms with Crippen LogP contribution in [0.4, 0.5) is 11.5 Å². The zero-order valence-electron chi connectivity index (χ0n) is 11.5. The highest BCUT2D eigenvalue weighted by atomic mass is 35.5. The van der Waals surface area contributed by atoms with Crippen molar-refractivity contribution in [1.82, 2.24) is 9.97 Å². The summed E-state index contributed by atoms with van der Waals surface area (Å²) in [5.74, 6) is 0.148. The van der Waals surface area contributed by atoms with Crippen LogP contribution in [0.3, 0.4) is 0 Å². The van der Waals surface area contributed by atoms with Gasteiger partial charge < -0.3 is 0 Å². The van der Waals surface area contributed by atoms with Crippen LogP contribution < -0.4 is 4.72 Å². The van der Waals surface area contributed by atoms with Gasteiger partial charge in [0.1, 0.15) is 0 Å². The van der Waals surface area contributed by atoms with E-state index in [0.717, 1.165) is 0 Å². The summed E-state index contributed by atoms with van der Waals surface area (Å²) in [6, 6.07) is 12.6. The third kappa shape index (κ3) is 3.27. The quantitative estimate of drug-likeness (QED) is 0.576. The molecule has 1 unspecified atom stereocenters. The van der Waals surface area contributed by atoms with Crippen LogP contribution in [-0.2, 0) is 11.0 Å². The summed E-state index contributed by atoms with van der Waals surface area (Å²) in [6.07, 6.45) is 0. The number of anilines is 1. The number of nitro groups is 1. The molecule has 0 aliphatic rings. The van der Waals surface area contributed by atoms with Crippen LogP contribution in [0.25, 0.3) is 11.0 Å². The first-order valence-electron chi connectivity index (χ1n) is 6.40. The number of fused-ring (bicyclic) bond motifs is 1. The van der Waals surface area contributed by atoms with Crippen molar-refractivity contribution in [3.63, 3.8) is 0 Å². The van der Waals surface area contributed by atoms with E-state index in [-0.39, 0.29) is 21.6 Å². The third-order valence-corrected chi connectivity index (χ3v) is 4.28. The van der Waals surface area contributed by atoms with Crippen LogP contribution in [0.1, 0.15) is 0 Å². The average molecular weight is 349 g/mol. The molecular weight excluding hydrogens is 340 g/mol. The molecule has 0 aliphatic carbocycles. The number of aromatic nitrogens is 2. The van der Waals surface area contributed by atoms with E-state index in [1.807, 2.05) is 6.07 Å². The van der Waals surface area contributed by atoms with Crippen LogP contribution in [-0.4, -0.2) is 19.1 Å². The molecule has 0 saturated heterocycles. The maximum atomic E-state index is 12.3. The number of hydrogen-bond donors (Lipinski definition) is 1. The number of nitrogens with zero attached hydrogens (tertiary/aromatic N) is 3. The summed E-state index contributed by atoms with van der Waals surface area (Å²) in [5.41, 5.74) is 1.06. The van der Waals surface area contributed by atoms with Crippen molar-refractivity contribution in [2.75, 3.05) is 4.72 Å². The lowest BCUT2D eigenvalue weighted by Crippen LogP contribution is -2.08. The highest BCUT2D eigenvalue weighted by Crippen LogP contribution is 2.23. The Morgan fingerprint density at radius 1 is 1.09 bits per heavy atom. The van der Waals surface area contributed by atoms with Gasteiger partial charge in [-0.05, 0) is 18.2 Å². The predicted octanol–water partition coefficient (Wildman–Crippen LogP) is 3.33. The zero-order valence-corrected chi connectivity index (χ0v) is 13.0. The van der Waals surface area contributed by atoms with Gasteiger partial charge in [-0.25, -0.2) is 14.2 Å². The van der Waals surface area contributed by atoms with E-state index in [9.17, 15) is 14.3 Å². The Morgan fingerprint density at radius 3 is 2.48 bits per heavy atom. The molecule has 3 aromatic rings. The van der Waals surface area contributed by atoms with E-state index in [0.29, 0.717) is 11.0 Å². The molecule has 9 heteroatoms. The van der Waals surface area contributed by atoms with E-state index in [1.54, 1.807) is 18.2 Å². The van der Waals surface area contributed by atoms with Gasteiger partial charge in [-0.3, -0.25) is 14.8 Å². The van der Waals surface area contributed by atoms with Crippen molar-refractivity contribution >= 4 is 45.1 Å². The molecule has 0 bridgehead atoms. The predicted molar refractivity (Wildman–Crippen MR) is 87.7 cm³/mol. The monoisotopic (exact) mass is 348 g/mol. The van der Waals surface area contributed by atoms with E-state index in [1.165, 1.54) is 24.3 Å². The number of para-hydroxylation sites is 2. The van der Waals surface area contributed by atoms with E-state index < -0.39 is 15.9 Å². The molecule has 7 nitrogen and oxygen atoms in total.